The molecular formula is C12H14BrNO3. The van der Waals surface area contributed by atoms with E-state index in [2.05, 4.69) is 38.1 Å². The second-order valence-corrected chi connectivity index (χ2v) is 4.50. The monoisotopic (exact) mass is 299 g/mol. The Labute approximate surface area is 108 Å². The number of amides is 1. The van der Waals surface area contributed by atoms with E-state index in [4.69, 9.17) is 4.79 Å². The van der Waals surface area contributed by atoms with Gasteiger partial charge in [-0.05, 0) is 17.7 Å². The van der Waals surface area contributed by atoms with Crippen LogP contribution in [0.2, 0.25) is 0 Å². The first-order chi connectivity index (χ1) is 8.17. The van der Waals surface area contributed by atoms with E-state index < -0.39 is 0 Å². The van der Waals surface area contributed by atoms with Crippen molar-refractivity contribution in [2.45, 2.75) is 12.3 Å². The molecule has 1 aromatic rings. The van der Waals surface area contributed by atoms with Crippen LogP contribution in [0.25, 0.3) is 0 Å². The first-order valence-electron chi connectivity index (χ1n) is 5.16. The highest BCUT2D eigenvalue weighted by molar-refractivity contribution is 9.10. The van der Waals surface area contributed by atoms with Gasteiger partial charge in [-0.2, -0.15) is 0 Å². The molecule has 0 saturated carbocycles. The predicted molar refractivity (Wildman–Crippen MR) is 67.6 cm³/mol. The largest absolute Gasteiger partial charge is 0.471 e. The number of benzene rings is 1. The lowest BCUT2D eigenvalue weighted by Crippen LogP contribution is -2.13. The summed E-state index contributed by atoms with van der Waals surface area (Å²) >= 11 is 3.38. The molecule has 1 saturated heterocycles. The highest BCUT2D eigenvalue weighted by Gasteiger charge is 2.22. The Bertz CT molecular complexity index is 378. The Morgan fingerprint density at radius 2 is 2.00 bits per heavy atom. The zero-order valence-corrected chi connectivity index (χ0v) is 11.1. The van der Waals surface area contributed by atoms with Gasteiger partial charge in [0.1, 0.15) is 0 Å². The summed E-state index contributed by atoms with van der Waals surface area (Å²) in [6.45, 7) is 1.15. The number of rotatable bonds is 2. The average molecular weight is 300 g/mol. The lowest BCUT2D eigenvalue weighted by Gasteiger charge is -2.06. The minimum absolute atomic E-state index is 0.160. The Kier molecular flexibility index (Phi) is 5.69. The van der Waals surface area contributed by atoms with Crippen LogP contribution in [0.3, 0.4) is 0 Å². The van der Waals surface area contributed by atoms with Crippen molar-refractivity contribution in [1.29, 1.82) is 0 Å². The molecule has 5 heteroatoms. The van der Waals surface area contributed by atoms with Gasteiger partial charge >= 0.3 is 0 Å². The fourth-order valence-electron chi connectivity index (χ4n) is 1.58. The number of ether oxygens (including phenoxy) is 1. The van der Waals surface area contributed by atoms with Gasteiger partial charge in [-0.25, -0.2) is 0 Å². The van der Waals surface area contributed by atoms with Gasteiger partial charge in [-0.3, -0.25) is 9.59 Å². The van der Waals surface area contributed by atoms with Crippen molar-refractivity contribution >= 4 is 28.3 Å². The Morgan fingerprint density at radius 3 is 2.41 bits per heavy atom. The molecule has 1 heterocycles. The van der Waals surface area contributed by atoms with Gasteiger partial charge < -0.3 is 10.1 Å². The van der Waals surface area contributed by atoms with Crippen molar-refractivity contribution in [3.05, 3.63) is 34.3 Å². The van der Waals surface area contributed by atoms with Gasteiger partial charge in [0.25, 0.3) is 6.47 Å². The van der Waals surface area contributed by atoms with Gasteiger partial charge in [0, 0.05) is 23.4 Å². The molecular weight excluding hydrogens is 286 g/mol. The maximum Gasteiger partial charge on any atom is 0.292 e. The van der Waals surface area contributed by atoms with Crippen LogP contribution < -0.4 is 5.32 Å². The highest BCUT2D eigenvalue weighted by Crippen LogP contribution is 2.24. The smallest absolute Gasteiger partial charge is 0.292 e. The summed E-state index contributed by atoms with van der Waals surface area (Å²) in [6, 6.07) is 8.15. The molecule has 17 heavy (non-hydrogen) atoms. The van der Waals surface area contributed by atoms with Crippen LogP contribution >= 0.6 is 15.9 Å². The second-order valence-electron chi connectivity index (χ2n) is 3.59. The van der Waals surface area contributed by atoms with E-state index >= 15 is 0 Å². The van der Waals surface area contributed by atoms with E-state index in [-0.39, 0.29) is 5.91 Å². The molecule has 2 rings (SSSR count). The first-order valence-corrected chi connectivity index (χ1v) is 5.95. The zero-order valence-electron chi connectivity index (χ0n) is 9.48. The fraction of sp³-hybridized carbons (Fsp3) is 0.333. The summed E-state index contributed by atoms with van der Waals surface area (Å²) in [7, 11) is 1.31. The molecule has 0 bridgehead atoms. The molecule has 1 aromatic carbocycles. The predicted octanol–water partition coefficient (Wildman–Crippen LogP) is 1.84. The quantitative estimate of drug-likeness (QED) is 0.848. The number of hydrogen-bond acceptors (Lipinski definition) is 3. The fourth-order valence-corrected chi connectivity index (χ4v) is 1.84. The summed E-state index contributed by atoms with van der Waals surface area (Å²) in [4.78, 5) is 19.9. The summed E-state index contributed by atoms with van der Waals surface area (Å²) in [5.41, 5.74) is 1.24. The number of hydrogen-bond donors (Lipinski definition) is 1. The molecule has 1 amide bonds. The van der Waals surface area contributed by atoms with Gasteiger partial charge in [0.15, 0.2) is 0 Å². The highest BCUT2D eigenvalue weighted by atomic mass is 79.9. The van der Waals surface area contributed by atoms with E-state index in [9.17, 15) is 4.79 Å². The molecule has 1 fully saturated rings. The van der Waals surface area contributed by atoms with Crippen LogP contribution in [0.4, 0.5) is 0 Å². The van der Waals surface area contributed by atoms with E-state index in [1.54, 1.807) is 0 Å². The Morgan fingerprint density at radius 1 is 1.41 bits per heavy atom. The van der Waals surface area contributed by atoms with Gasteiger partial charge in [0.05, 0.1) is 7.11 Å². The molecule has 1 atom stereocenters. The van der Waals surface area contributed by atoms with Crippen LogP contribution in [-0.2, 0) is 14.3 Å². The van der Waals surface area contributed by atoms with Crippen molar-refractivity contribution < 1.29 is 14.3 Å². The lowest BCUT2D eigenvalue weighted by atomic mass is 9.99. The van der Waals surface area contributed by atoms with Crippen molar-refractivity contribution in [3.63, 3.8) is 0 Å². The molecule has 0 unspecified atom stereocenters. The van der Waals surface area contributed by atoms with Crippen molar-refractivity contribution in [2.75, 3.05) is 13.7 Å². The third kappa shape index (κ3) is 4.56. The standard InChI is InChI=1S/C10H10BrNO.C2H4O2/c11-9-3-1-7(2-4-9)8-5-10(13)12-6-8;1-4-2-3/h1-4,8H,5-6H2,(H,12,13);2H,1H3/t8-;/m0./s1. The second kappa shape index (κ2) is 7.06. The molecule has 1 N–H and O–H groups in total. The van der Waals surface area contributed by atoms with E-state index in [1.165, 1.54) is 12.7 Å². The van der Waals surface area contributed by atoms with Crippen molar-refractivity contribution in [2.24, 2.45) is 0 Å². The molecule has 0 radical (unpaired) electrons. The summed E-state index contributed by atoms with van der Waals surface area (Å²) < 4.78 is 4.94. The normalized spacial score (nSPS) is 17.8. The van der Waals surface area contributed by atoms with Gasteiger partial charge in [-0.1, -0.05) is 28.1 Å². The van der Waals surface area contributed by atoms with E-state index in [1.807, 2.05) is 12.1 Å². The average Bonchev–Trinajstić information content (AvgIpc) is 2.77. The maximum absolute atomic E-state index is 11.0. The molecule has 92 valence electrons. The van der Waals surface area contributed by atoms with Crippen LogP contribution in [-0.4, -0.2) is 26.0 Å². The molecule has 0 aliphatic carbocycles. The minimum Gasteiger partial charge on any atom is -0.471 e. The third-order valence-electron chi connectivity index (χ3n) is 2.42. The molecule has 0 aromatic heterocycles. The first kappa shape index (κ1) is 13.7. The number of methoxy groups -OCH3 is 1. The number of carbonyl (C=O) groups is 2. The van der Waals surface area contributed by atoms with Crippen molar-refractivity contribution in [3.8, 4) is 0 Å². The minimum atomic E-state index is 0.160. The molecule has 4 nitrogen and oxygen atoms in total. The van der Waals surface area contributed by atoms with Crippen LogP contribution in [0.15, 0.2) is 28.7 Å². The SMILES string of the molecule is COC=O.O=C1C[C@H](c2ccc(Br)cc2)CN1. The topological polar surface area (TPSA) is 55.4 Å². The molecule has 1 aliphatic rings. The van der Waals surface area contributed by atoms with Crippen LogP contribution in [0.5, 0.6) is 0 Å². The van der Waals surface area contributed by atoms with Crippen LogP contribution in [0, 0.1) is 0 Å². The van der Waals surface area contributed by atoms with E-state index in [0.717, 1.165) is 11.0 Å². The summed E-state index contributed by atoms with van der Waals surface area (Å²) in [5.74, 6) is 0.522. The lowest BCUT2D eigenvalue weighted by molar-refractivity contribution is -0.126. The molecule has 0 spiro atoms. The summed E-state index contributed by atoms with van der Waals surface area (Å²) in [5, 5.41) is 2.83. The number of halogens is 1. The van der Waals surface area contributed by atoms with Gasteiger partial charge in [-0.15, -0.1) is 0 Å². The third-order valence-corrected chi connectivity index (χ3v) is 2.94. The van der Waals surface area contributed by atoms with Gasteiger partial charge in [0.2, 0.25) is 5.91 Å². The number of nitrogens with one attached hydrogen (secondary N) is 1. The van der Waals surface area contributed by atoms with E-state index in [0.29, 0.717) is 18.8 Å². The summed E-state index contributed by atoms with van der Waals surface area (Å²) in [6.07, 6.45) is 0.627. The maximum atomic E-state index is 11.0. The van der Waals surface area contributed by atoms with Crippen molar-refractivity contribution in [1.82, 2.24) is 5.32 Å². The number of carbonyl (C=O) groups excluding carboxylic acids is 2. The molecule has 1 aliphatic heterocycles. The Hall–Kier alpha value is -1.36. The Balaban J connectivity index is 0.000000317. The van der Waals surface area contributed by atoms with Crippen LogP contribution in [0.1, 0.15) is 17.9 Å². The zero-order chi connectivity index (χ0) is 12.7.